The summed E-state index contributed by atoms with van der Waals surface area (Å²) < 4.78 is 40.8. The summed E-state index contributed by atoms with van der Waals surface area (Å²) in [6.45, 7) is 49.5. The first kappa shape index (κ1) is 91.7. The number of piperazine rings is 6. The van der Waals surface area contributed by atoms with Gasteiger partial charge in [-0.25, -0.2) is 47.9 Å². The molecule has 588 valence electrons. The monoisotopic (exact) mass is 1460 g/mol. The Labute approximate surface area is 605 Å². The van der Waals surface area contributed by atoms with Gasteiger partial charge in [-0.05, 0) is 125 Å². The molecule has 0 bridgehead atoms. The van der Waals surface area contributed by atoms with Crippen LogP contribution in [0.2, 0.25) is 0 Å². The van der Waals surface area contributed by atoms with Crippen LogP contribution in [0.1, 0.15) is 151 Å². The number of methoxy groups -OCH3 is 2. The van der Waals surface area contributed by atoms with E-state index < -0.39 is 33.6 Å². The Morgan fingerprint density at radius 3 is 0.480 bits per heavy atom. The van der Waals surface area contributed by atoms with Crippen LogP contribution in [0.25, 0.3) is 0 Å². The third kappa shape index (κ3) is 37.5. The fraction of sp³-hybridized carbons (Fsp3) is 0.824. The van der Waals surface area contributed by atoms with Gasteiger partial charge in [-0.2, -0.15) is 0 Å². The van der Waals surface area contributed by atoms with Gasteiger partial charge in [0.05, 0.1) is 14.2 Å². The molecule has 0 saturated carbocycles. The van der Waals surface area contributed by atoms with E-state index >= 15 is 0 Å². The normalized spacial score (nSPS) is 16.8. The Balaban J connectivity index is 0.000000612. The van der Waals surface area contributed by atoms with Gasteiger partial charge in [0.15, 0.2) is 0 Å². The van der Waals surface area contributed by atoms with Gasteiger partial charge in [0.25, 0.3) is 0 Å². The average molecular weight is 1460 g/mol. The molecule has 0 aromatic rings. The molecule has 6 fully saturated rings. The van der Waals surface area contributed by atoms with Gasteiger partial charge >= 0.3 is 60.8 Å². The van der Waals surface area contributed by atoms with E-state index in [2.05, 4.69) is 20.1 Å². The summed E-state index contributed by atoms with van der Waals surface area (Å²) in [6, 6.07) is -0.206. The lowest BCUT2D eigenvalue weighted by molar-refractivity contribution is -0.133. The highest BCUT2D eigenvalue weighted by Crippen LogP contribution is 2.19. The minimum Gasteiger partial charge on any atom is -0.453 e. The standard InChI is InChI=1S/2C12H22N2O3.2C11H21N3O3.2C11H20N2O4/c2*1-5-10(15)13-6-8-14(9-7-13)11(16)17-12(2,3)4;2*1-11(2,3)17-10(16)14-7-5-13(6-8-14)9(15)12-4;2*1-11(2,3)17-10(15)13-7-5-12(6-8-13)9(14)16-4/h2*5-9H2,1-4H3;2*5-8H2,1-4H3,(H,12,15);2*5-8H2,1-4H3. The number of carbonyl (C=O) groups excluding carboxylic acids is 12. The van der Waals surface area contributed by atoms with Gasteiger partial charge in [0.2, 0.25) is 11.8 Å². The second-order valence-corrected chi connectivity index (χ2v) is 30.3. The second-order valence-electron chi connectivity index (χ2n) is 30.3. The van der Waals surface area contributed by atoms with Crippen LogP contribution < -0.4 is 10.6 Å². The smallest absolute Gasteiger partial charge is 0.410 e. The minimum absolute atomic E-state index is 0.103. The van der Waals surface area contributed by atoms with Crippen LogP contribution in [0, 0.1) is 0 Å². The maximum atomic E-state index is 11.8. The number of hydrogen-bond acceptors (Lipinski definition) is 20. The Kier molecular flexibility index (Phi) is 38.0. The lowest BCUT2D eigenvalue weighted by atomic mass is 10.2. The molecule has 34 heteroatoms. The van der Waals surface area contributed by atoms with Crippen molar-refractivity contribution in [2.24, 2.45) is 0 Å². The number of nitrogens with one attached hydrogen (secondary N) is 2. The Morgan fingerprint density at radius 1 is 0.235 bits per heavy atom. The highest BCUT2D eigenvalue weighted by molar-refractivity contribution is 5.78. The summed E-state index contributed by atoms with van der Waals surface area (Å²) >= 11 is 0. The molecule has 102 heavy (non-hydrogen) atoms. The van der Waals surface area contributed by atoms with Crippen LogP contribution in [0.3, 0.4) is 0 Å². The van der Waals surface area contributed by atoms with Crippen molar-refractivity contribution in [3.63, 3.8) is 0 Å². The first-order valence-corrected chi connectivity index (χ1v) is 35.0. The van der Waals surface area contributed by atoms with Crippen molar-refractivity contribution in [1.29, 1.82) is 0 Å². The first-order valence-electron chi connectivity index (χ1n) is 35.0. The van der Waals surface area contributed by atoms with Crippen molar-refractivity contribution >= 4 is 72.6 Å². The van der Waals surface area contributed by atoms with E-state index in [9.17, 15) is 57.5 Å². The number of rotatable bonds is 2. The molecule has 6 rings (SSSR count). The molecular formula is C68H126N14O20. The highest BCUT2D eigenvalue weighted by atomic mass is 16.6. The summed E-state index contributed by atoms with van der Waals surface area (Å²) in [7, 11) is 5.90. The topological polar surface area (TPSA) is 342 Å². The lowest BCUT2D eigenvalue weighted by Gasteiger charge is -2.35. The molecule has 6 saturated heterocycles. The molecule has 0 atom stereocenters. The average Bonchev–Trinajstić information content (AvgIpc) is 0.895. The highest BCUT2D eigenvalue weighted by Gasteiger charge is 2.34. The number of ether oxygens (including phenoxy) is 8. The Morgan fingerprint density at radius 2 is 0.363 bits per heavy atom. The van der Waals surface area contributed by atoms with Gasteiger partial charge in [-0.15, -0.1) is 0 Å². The fourth-order valence-electron chi connectivity index (χ4n) is 9.58. The van der Waals surface area contributed by atoms with Crippen molar-refractivity contribution in [2.75, 3.05) is 185 Å². The molecule has 6 aliphatic rings. The molecule has 0 aromatic carbocycles. The molecule has 34 nitrogen and oxygen atoms in total. The number of amides is 14. The predicted octanol–water partition coefficient (Wildman–Crippen LogP) is 7.32. The van der Waals surface area contributed by atoms with Gasteiger partial charge in [-0.3, -0.25) is 9.59 Å². The SMILES string of the molecule is CCC(=O)N1CCN(C(=O)OC(C)(C)C)CC1.CCC(=O)N1CCN(C(=O)OC(C)(C)C)CC1.CNC(=O)N1CCN(C(=O)OC(C)(C)C)CC1.CNC(=O)N1CCN(C(=O)OC(C)(C)C)CC1.COC(=O)N1CCN(C(=O)OC(C)(C)C)CC1.COC(=O)N1CCN(C(=O)OC(C)(C)C)CC1. The van der Waals surface area contributed by atoms with E-state index in [0.29, 0.717) is 170 Å². The molecule has 0 unspecified atom stereocenters. The third-order valence-electron chi connectivity index (χ3n) is 14.8. The summed E-state index contributed by atoms with van der Waals surface area (Å²) in [6.07, 6.45) is -1.53. The van der Waals surface area contributed by atoms with Gasteiger partial charge in [-0.1, -0.05) is 13.8 Å². The van der Waals surface area contributed by atoms with Crippen LogP contribution in [0.4, 0.5) is 47.9 Å². The van der Waals surface area contributed by atoms with Crippen molar-refractivity contribution in [3.8, 4) is 0 Å². The number of hydrogen-bond donors (Lipinski definition) is 2. The largest absolute Gasteiger partial charge is 0.453 e. The fourth-order valence-corrected chi connectivity index (χ4v) is 9.58. The third-order valence-corrected chi connectivity index (χ3v) is 14.8. The second kappa shape index (κ2) is 42.3. The zero-order chi connectivity index (χ0) is 78.3. The minimum atomic E-state index is -0.490. The van der Waals surface area contributed by atoms with E-state index in [1.807, 2.05) is 138 Å². The molecule has 0 radical (unpaired) electrons. The zero-order valence-electron chi connectivity index (χ0n) is 65.9. The molecule has 6 heterocycles. The van der Waals surface area contributed by atoms with Crippen LogP contribution in [0.5, 0.6) is 0 Å². The molecule has 0 aliphatic carbocycles. The van der Waals surface area contributed by atoms with Crippen molar-refractivity contribution in [3.05, 3.63) is 0 Å². The predicted molar refractivity (Wildman–Crippen MR) is 381 cm³/mol. The summed E-state index contributed by atoms with van der Waals surface area (Å²) in [5, 5.41) is 5.14. The lowest BCUT2D eigenvalue weighted by Crippen LogP contribution is -2.53. The van der Waals surface area contributed by atoms with Crippen LogP contribution in [0.15, 0.2) is 0 Å². The van der Waals surface area contributed by atoms with Gasteiger partial charge in [0.1, 0.15) is 33.6 Å². The van der Waals surface area contributed by atoms with Crippen LogP contribution in [-0.4, -0.2) is 350 Å². The maximum absolute atomic E-state index is 11.8. The van der Waals surface area contributed by atoms with Gasteiger partial charge < -0.3 is 107 Å². The first-order chi connectivity index (χ1) is 47.0. The van der Waals surface area contributed by atoms with E-state index in [4.69, 9.17) is 28.4 Å². The summed E-state index contributed by atoms with van der Waals surface area (Å²) in [4.78, 5) is 158. The number of urea groups is 2. The van der Waals surface area contributed by atoms with Gasteiger partial charge in [0, 0.05) is 184 Å². The van der Waals surface area contributed by atoms with Crippen LogP contribution >= 0.6 is 0 Å². The molecular weight excluding hydrogens is 1330 g/mol. The molecule has 0 spiro atoms. The van der Waals surface area contributed by atoms with E-state index in [-0.39, 0.29) is 72.6 Å². The Hall–Kier alpha value is -8.36. The Bertz CT molecular complexity index is 2210. The van der Waals surface area contributed by atoms with Crippen molar-refractivity contribution in [2.45, 2.75) is 185 Å². The zero-order valence-corrected chi connectivity index (χ0v) is 65.9. The molecule has 2 N–H and O–H groups in total. The van der Waals surface area contributed by atoms with E-state index in [0.717, 1.165) is 0 Å². The summed E-state index contributed by atoms with van der Waals surface area (Å²) in [5.41, 5.74) is -2.86. The van der Waals surface area contributed by atoms with Crippen molar-refractivity contribution in [1.82, 2.24) is 69.4 Å². The maximum Gasteiger partial charge on any atom is 0.410 e. The van der Waals surface area contributed by atoms with E-state index in [1.165, 1.54) is 14.2 Å². The molecule has 14 amide bonds. The molecule has 0 aromatic heterocycles. The quantitative estimate of drug-likeness (QED) is 0.256. The molecule has 6 aliphatic heterocycles. The van der Waals surface area contributed by atoms with E-state index in [1.54, 1.807) is 72.9 Å². The number of carbonyl (C=O) groups is 12. The summed E-state index contributed by atoms with van der Waals surface area (Å²) in [5.74, 6) is 0.294. The van der Waals surface area contributed by atoms with Crippen LogP contribution in [-0.2, 0) is 47.5 Å². The number of nitrogens with zero attached hydrogens (tertiary/aromatic N) is 12. The van der Waals surface area contributed by atoms with Crippen molar-refractivity contribution < 1.29 is 95.4 Å².